The minimum atomic E-state index is -1.14. The molecule has 0 fully saturated rings. The van der Waals surface area contributed by atoms with Crippen LogP contribution in [-0.2, 0) is 11.2 Å². The Bertz CT molecular complexity index is 407. The molecular formula is C12H18N2O3. The molecule has 1 aromatic rings. The lowest BCUT2D eigenvalue weighted by atomic mass is 9.97. The highest BCUT2D eigenvalue weighted by atomic mass is 16.5. The molecule has 0 spiro atoms. The molecule has 2 atom stereocenters. The van der Waals surface area contributed by atoms with Crippen molar-refractivity contribution in [3.05, 3.63) is 29.3 Å². The van der Waals surface area contributed by atoms with Gasteiger partial charge in [-0.1, -0.05) is 19.1 Å². The van der Waals surface area contributed by atoms with Crippen LogP contribution >= 0.6 is 0 Å². The van der Waals surface area contributed by atoms with Crippen LogP contribution in [0.5, 0.6) is 5.75 Å². The van der Waals surface area contributed by atoms with E-state index >= 15 is 0 Å². The van der Waals surface area contributed by atoms with Gasteiger partial charge in [0.25, 0.3) is 0 Å². The molecule has 0 bridgehead atoms. The van der Waals surface area contributed by atoms with Crippen molar-refractivity contribution in [2.75, 3.05) is 7.11 Å². The summed E-state index contributed by atoms with van der Waals surface area (Å²) < 4.78 is 5.17. The molecule has 0 aliphatic carbocycles. The van der Waals surface area contributed by atoms with Crippen molar-refractivity contribution in [1.29, 1.82) is 0 Å². The SMILES string of the molecule is CCc1ccc(OC)c(C(N)C(N)C(=O)O)c1. The maximum Gasteiger partial charge on any atom is 0.322 e. The van der Waals surface area contributed by atoms with Gasteiger partial charge in [-0.2, -0.15) is 0 Å². The third-order valence-corrected chi connectivity index (χ3v) is 2.73. The van der Waals surface area contributed by atoms with Crippen molar-refractivity contribution in [3.8, 4) is 5.75 Å². The summed E-state index contributed by atoms with van der Waals surface area (Å²) in [6.45, 7) is 2.01. The molecule has 0 aliphatic heterocycles. The number of methoxy groups -OCH3 is 1. The summed E-state index contributed by atoms with van der Waals surface area (Å²) in [5.41, 5.74) is 13.1. The Hall–Kier alpha value is -1.59. The highest BCUT2D eigenvalue weighted by Gasteiger charge is 2.24. The van der Waals surface area contributed by atoms with Gasteiger partial charge in [-0.15, -0.1) is 0 Å². The first kappa shape index (κ1) is 13.5. The summed E-state index contributed by atoms with van der Waals surface area (Å²) >= 11 is 0. The van der Waals surface area contributed by atoms with Crippen molar-refractivity contribution in [1.82, 2.24) is 0 Å². The minimum absolute atomic E-state index is 0.561. The van der Waals surface area contributed by atoms with Gasteiger partial charge in [0.1, 0.15) is 11.8 Å². The molecule has 0 radical (unpaired) electrons. The number of rotatable bonds is 5. The standard InChI is InChI=1S/C12H18N2O3/c1-3-7-4-5-9(17-2)8(6-7)10(13)11(14)12(15)16/h4-6,10-11H,3,13-14H2,1-2H3,(H,15,16). The zero-order valence-corrected chi connectivity index (χ0v) is 10.0. The molecule has 1 aromatic carbocycles. The lowest BCUT2D eigenvalue weighted by molar-refractivity contribution is -0.139. The Balaban J connectivity index is 3.13. The first-order valence-electron chi connectivity index (χ1n) is 5.42. The monoisotopic (exact) mass is 238 g/mol. The molecule has 94 valence electrons. The predicted octanol–water partition coefficient (Wildman–Crippen LogP) is 0.669. The van der Waals surface area contributed by atoms with Gasteiger partial charge in [-0.25, -0.2) is 0 Å². The normalized spacial score (nSPS) is 14.1. The van der Waals surface area contributed by atoms with Crippen LogP contribution in [0.25, 0.3) is 0 Å². The third kappa shape index (κ3) is 2.95. The molecule has 0 saturated heterocycles. The summed E-state index contributed by atoms with van der Waals surface area (Å²) in [6, 6.07) is 3.61. The number of hydrogen-bond acceptors (Lipinski definition) is 4. The molecule has 0 heterocycles. The molecule has 5 N–H and O–H groups in total. The summed E-state index contributed by atoms with van der Waals surface area (Å²) in [7, 11) is 1.52. The largest absolute Gasteiger partial charge is 0.496 e. The van der Waals surface area contributed by atoms with Crippen LogP contribution in [0, 0.1) is 0 Å². The van der Waals surface area contributed by atoms with E-state index in [9.17, 15) is 4.79 Å². The number of carboxylic acid groups (broad SMARTS) is 1. The van der Waals surface area contributed by atoms with Crippen molar-refractivity contribution in [3.63, 3.8) is 0 Å². The molecule has 0 aliphatic rings. The fourth-order valence-corrected chi connectivity index (χ4v) is 1.61. The summed E-state index contributed by atoms with van der Waals surface area (Å²) in [5, 5.41) is 8.86. The molecule has 1 rings (SSSR count). The van der Waals surface area contributed by atoms with E-state index in [4.69, 9.17) is 21.3 Å². The van der Waals surface area contributed by atoms with Crippen LogP contribution in [-0.4, -0.2) is 24.2 Å². The van der Waals surface area contributed by atoms with E-state index in [1.54, 1.807) is 6.07 Å². The second-order valence-corrected chi connectivity index (χ2v) is 3.82. The molecule has 0 aromatic heterocycles. The van der Waals surface area contributed by atoms with Gasteiger partial charge in [0.2, 0.25) is 0 Å². The predicted molar refractivity (Wildman–Crippen MR) is 64.9 cm³/mol. The maximum atomic E-state index is 10.8. The Morgan fingerprint density at radius 1 is 1.47 bits per heavy atom. The van der Waals surface area contributed by atoms with E-state index < -0.39 is 18.1 Å². The van der Waals surface area contributed by atoms with E-state index in [1.165, 1.54) is 7.11 Å². The number of carboxylic acids is 1. The Kier molecular flexibility index (Phi) is 4.48. The lowest BCUT2D eigenvalue weighted by Crippen LogP contribution is -2.41. The highest BCUT2D eigenvalue weighted by molar-refractivity contribution is 5.74. The van der Waals surface area contributed by atoms with Crippen LogP contribution in [0.2, 0.25) is 0 Å². The van der Waals surface area contributed by atoms with Crippen LogP contribution in [0.1, 0.15) is 24.1 Å². The number of benzene rings is 1. The van der Waals surface area contributed by atoms with E-state index in [1.807, 2.05) is 19.1 Å². The summed E-state index contributed by atoms with van der Waals surface area (Å²) in [4.78, 5) is 10.8. The van der Waals surface area contributed by atoms with E-state index in [2.05, 4.69) is 0 Å². The van der Waals surface area contributed by atoms with Crippen molar-refractivity contribution in [2.45, 2.75) is 25.4 Å². The summed E-state index contributed by atoms with van der Waals surface area (Å²) in [6.07, 6.45) is 0.839. The first-order chi connectivity index (χ1) is 8.01. The zero-order chi connectivity index (χ0) is 13.0. The number of nitrogens with two attached hydrogens (primary N) is 2. The van der Waals surface area contributed by atoms with Gasteiger partial charge in [0.15, 0.2) is 0 Å². The molecule has 5 nitrogen and oxygen atoms in total. The van der Waals surface area contributed by atoms with Crippen LogP contribution in [0.3, 0.4) is 0 Å². The van der Waals surface area contributed by atoms with E-state index in [0.29, 0.717) is 11.3 Å². The van der Waals surface area contributed by atoms with Gasteiger partial charge >= 0.3 is 5.97 Å². The minimum Gasteiger partial charge on any atom is -0.496 e. The van der Waals surface area contributed by atoms with Gasteiger partial charge < -0.3 is 21.3 Å². The van der Waals surface area contributed by atoms with Crippen molar-refractivity contribution in [2.24, 2.45) is 11.5 Å². The van der Waals surface area contributed by atoms with Crippen LogP contribution in [0.15, 0.2) is 18.2 Å². The average Bonchev–Trinajstić information content (AvgIpc) is 2.35. The van der Waals surface area contributed by atoms with Crippen LogP contribution in [0.4, 0.5) is 0 Å². The topological polar surface area (TPSA) is 98.6 Å². The molecule has 0 amide bonds. The Morgan fingerprint density at radius 2 is 2.12 bits per heavy atom. The molecule has 17 heavy (non-hydrogen) atoms. The highest BCUT2D eigenvalue weighted by Crippen LogP contribution is 2.26. The number of aliphatic carboxylic acids is 1. The molecule has 5 heteroatoms. The Labute approximate surface area is 100 Å². The number of ether oxygens (including phenoxy) is 1. The van der Waals surface area contributed by atoms with Crippen molar-refractivity contribution < 1.29 is 14.6 Å². The zero-order valence-electron chi connectivity index (χ0n) is 10.0. The second kappa shape index (κ2) is 5.65. The molecule has 0 saturated carbocycles. The van der Waals surface area contributed by atoms with Gasteiger partial charge in [-0.3, -0.25) is 4.79 Å². The number of hydrogen-bond donors (Lipinski definition) is 3. The number of carbonyl (C=O) groups is 1. The fourth-order valence-electron chi connectivity index (χ4n) is 1.61. The van der Waals surface area contributed by atoms with Gasteiger partial charge in [-0.05, 0) is 18.1 Å². The van der Waals surface area contributed by atoms with Gasteiger partial charge in [0, 0.05) is 5.56 Å². The smallest absolute Gasteiger partial charge is 0.322 e. The Morgan fingerprint density at radius 3 is 2.59 bits per heavy atom. The van der Waals surface area contributed by atoms with Gasteiger partial charge in [0.05, 0.1) is 13.2 Å². The lowest BCUT2D eigenvalue weighted by Gasteiger charge is -2.19. The van der Waals surface area contributed by atoms with E-state index in [0.717, 1.165) is 12.0 Å². The first-order valence-corrected chi connectivity index (χ1v) is 5.42. The third-order valence-electron chi connectivity index (χ3n) is 2.73. The van der Waals surface area contributed by atoms with Crippen molar-refractivity contribution >= 4 is 5.97 Å². The quantitative estimate of drug-likeness (QED) is 0.700. The molecular weight excluding hydrogens is 220 g/mol. The second-order valence-electron chi connectivity index (χ2n) is 3.82. The number of aryl methyl sites for hydroxylation is 1. The average molecular weight is 238 g/mol. The van der Waals surface area contributed by atoms with Crippen LogP contribution < -0.4 is 16.2 Å². The molecule has 2 unspecified atom stereocenters. The summed E-state index contributed by atoms with van der Waals surface area (Å²) in [5.74, 6) is -0.562. The fraction of sp³-hybridized carbons (Fsp3) is 0.417. The van der Waals surface area contributed by atoms with E-state index in [-0.39, 0.29) is 0 Å². The maximum absolute atomic E-state index is 10.8.